The first-order chi connectivity index (χ1) is 5.27. The Balaban J connectivity index is 3.01. The highest BCUT2D eigenvalue weighted by Gasteiger charge is 1.98. The van der Waals surface area contributed by atoms with Gasteiger partial charge in [0, 0.05) is 0 Å². The minimum Gasteiger partial charge on any atom is -0.429 e. The normalized spacial score (nSPS) is 10.6. The molecule has 0 radical (unpaired) electrons. The molecule has 2 nitrogen and oxygen atoms in total. The molecule has 2 rings (SSSR count). The van der Waals surface area contributed by atoms with E-state index in [4.69, 9.17) is 16.6 Å². The van der Waals surface area contributed by atoms with Crippen molar-refractivity contribution in [2.75, 3.05) is 0 Å². The van der Waals surface area contributed by atoms with E-state index in [9.17, 15) is 0 Å². The molecule has 0 spiro atoms. The van der Waals surface area contributed by atoms with Gasteiger partial charge < -0.3 is 9.40 Å². The summed E-state index contributed by atoms with van der Waals surface area (Å²) in [6, 6.07) is 5.86. The molecule has 0 saturated carbocycles. The molecule has 1 aromatic heterocycles. The number of aryl methyl sites for hydroxylation is 1. The first-order valence-electron chi connectivity index (χ1n) is 3.36. The van der Waals surface area contributed by atoms with Crippen LogP contribution in [0.5, 0.6) is 0 Å². The highest BCUT2D eigenvalue weighted by molar-refractivity contribution is 7.71. The number of H-pyrrole nitrogens is 1. The van der Waals surface area contributed by atoms with Crippen LogP contribution in [0.1, 0.15) is 5.56 Å². The van der Waals surface area contributed by atoms with Gasteiger partial charge in [0.05, 0.1) is 5.52 Å². The van der Waals surface area contributed by atoms with Crippen LogP contribution < -0.4 is 0 Å². The Bertz CT molecular complexity index is 441. The van der Waals surface area contributed by atoms with E-state index in [0.717, 1.165) is 16.7 Å². The molecule has 0 aliphatic rings. The Hall–Kier alpha value is -1.09. The Morgan fingerprint density at radius 2 is 2.27 bits per heavy atom. The predicted octanol–water partition coefficient (Wildman–Crippen LogP) is 2.80. The lowest BCUT2D eigenvalue weighted by atomic mass is 10.2. The van der Waals surface area contributed by atoms with Crippen molar-refractivity contribution in [3.05, 3.63) is 28.6 Å². The standard InChI is InChI=1S/C8H7NOS/c1-5-3-2-4-6-7(5)9-8(11)10-6/h2-4H,1H3,(H,9,11). The maximum absolute atomic E-state index is 5.21. The largest absolute Gasteiger partial charge is 0.429 e. The molecule has 0 saturated heterocycles. The molecular formula is C8H7NOS. The summed E-state index contributed by atoms with van der Waals surface area (Å²) in [6.45, 7) is 2.02. The van der Waals surface area contributed by atoms with Crippen LogP contribution in [0.25, 0.3) is 11.1 Å². The molecule has 56 valence electrons. The van der Waals surface area contributed by atoms with Crippen LogP contribution >= 0.6 is 12.2 Å². The minimum atomic E-state index is 0.439. The smallest absolute Gasteiger partial charge is 0.266 e. The van der Waals surface area contributed by atoms with Crippen LogP contribution in [0.2, 0.25) is 0 Å². The Kier molecular flexibility index (Phi) is 1.32. The number of aromatic nitrogens is 1. The van der Waals surface area contributed by atoms with Gasteiger partial charge in [0.2, 0.25) is 0 Å². The molecule has 0 amide bonds. The van der Waals surface area contributed by atoms with Gasteiger partial charge in [-0.25, -0.2) is 0 Å². The van der Waals surface area contributed by atoms with Gasteiger partial charge in [-0.15, -0.1) is 0 Å². The van der Waals surface area contributed by atoms with Gasteiger partial charge >= 0.3 is 0 Å². The van der Waals surface area contributed by atoms with E-state index < -0.39 is 0 Å². The summed E-state index contributed by atoms with van der Waals surface area (Å²) in [5.41, 5.74) is 2.98. The highest BCUT2D eigenvalue weighted by Crippen LogP contribution is 2.16. The lowest BCUT2D eigenvalue weighted by Crippen LogP contribution is -1.73. The van der Waals surface area contributed by atoms with Crippen molar-refractivity contribution in [1.82, 2.24) is 4.98 Å². The third-order valence-electron chi connectivity index (χ3n) is 1.66. The summed E-state index contributed by atoms with van der Waals surface area (Å²) in [4.78, 5) is 3.41. The third kappa shape index (κ3) is 0.973. The fourth-order valence-electron chi connectivity index (χ4n) is 1.11. The van der Waals surface area contributed by atoms with E-state index in [1.165, 1.54) is 0 Å². The number of benzene rings is 1. The lowest BCUT2D eigenvalue weighted by Gasteiger charge is -1.89. The molecule has 1 aromatic carbocycles. The van der Waals surface area contributed by atoms with Crippen molar-refractivity contribution in [1.29, 1.82) is 0 Å². The summed E-state index contributed by atoms with van der Waals surface area (Å²) < 4.78 is 5.21. The molecule has 0 bridgehead atoms. The van der Waals surface area contributed by atoms with Crippen molar-refractivity contribution in [2.24, 2.45) is 0 Å². The van der Waals surface area contributed by atoms with Gasteiger partial charge in [-0.2, -0.15) is 0 Å². The van der Waals surface area contributed by atoms with Gasteiger partial charge in [-0.05, 0) is 30.8 Å². The second-order valence-electron chi connectivity index (χ2n) is 2.46. The SMILES string of the molecule is Cc1cccc2oc(=S)[nH]c12. The first-order valence-corrected chi connectivity index (χ1v) is 3.76. The van der Waals surface area contributed by atoms with Crippen molar-refractivity contribution >= 4 is 23.3 Å². The molecule has 0 unspecified atom stereocenters. The molecule has 2 aromatic rings. The van der Waals surface area contributed by atoms with E-state index in [2.05, 4.69) is 4.98 Å². The maximum atomic E-state index is 5.21. The van der Waals surface area contributed by atoms with Crippen LogP contribution in [0, 0.1) is 11.8 Å². The summed E-state index contributed by atoms with van der Waals surface area (Å²) in [7, 11) is 0. The molecule has 1 heterocycles. The summed E-state index contributed by atoms with van der Waals surface area (Å²) in [5, 5.41) is 0. The van der Waals surface area contributed by atoms with Crippen LogP contribution in [0.15, 0.2) is 22.6 Å². The lowest BCUT2D eigenvalue weighted by molar-refractivity contribution is 0.583. The molecule has 0 aliphatic heterocycles. The zero-order valence-corrected chi connectivity index (χ0v) is 6.87. The molecule has 3 heteroatoms. The Morgan fingerprint density at radius 1 is 1.45 bits per heavy atom. The average Bonchev–Trinajstić information content (AvgIpc) is 2.31. The van der Waals surface area contributed by atoms with Gasteiger partial charge in [0.25, 0.3) is 4.84 Å². The van der Waals surface area contributed by atoms with E-state index in [1.54, 1.807) is 0 Å². The highest BCUT2D eigenvalue weighted by atomic mass is 32.1. The number of hydrogen-bond acceptors (Lipinski definition) is 2. The zero-order chi connectivity index (χ0) is 7.84. The van der Waals surface area contributed by atoms with Crippen LogP contribution in [-0.4, -0.2) is 4.98 Å². The number of rotatable bonds is 0. The third-order valence-corrected chi connectivity index (χ3v) is 1.85. The molecule has 11 heavy (non-hydrogen) atoms. The van der Waals surface area contributed by atoms with E-state index in [0.29, 0.717) is 4.84 Å². The van der Waals surface area contributed by atoms with Crippen molar-refractivity contribution < 1.29 is 4.42 Å². The van der Waals surface area contributed by atoms with Crippen LogP contribution in [0.3, 0.4) is 0 Å². The second-order valence-corrected chi connectivity index (χ2v) is 2.83. The van der Waals surface area contributed by atoms with E-state index in [-0.39, 0.29) is 0 Å². The van der Waals surface area contributed by atoms with Gasteiger partial charge in [-0.1, -0.05) is 12.1 Å². The molecule has 0 aliphatic carbocycles. The molecule has 0 fully saturated rings. The quantitative estimate of drug-likeness (QED) is 0.608. The topological polar surface area (TPSA) is 28.9 Å². The maximum Gasteiger partial charge on any atom is 0.266 e. The zero-order valence-electron chi connectivity index (χ0n) is 6.05. The van der Waals surface area contributed by atoms with Crippen molar-refractivity contribution in [3.8, 4) is 0 Å². The number of fused-ring (bicyclic) bond motifs is 1. The average molecular weight is 165 g/mol. The summed E-state index contributed by atoms with van der Waals surface area (Å²) >= 11 is 4.85. The summed E-state index contributed by atoms with van der Waals surface area (Å²) in [5.74, 6) is 0. The fourth-order valence-corrected chi connectivity index (χ4v) is 1.31. The monoisotopic (exact) mass is 165 g/mol. The van der Waals surface area contributed by atoms with Crippen LogP contribution in [0.4, 0.5) is 0 Å². The summed E-state index contributed by atoms with van der Waals surface area (Å²) in [6.07, 6.45) is 0. The molecule has 0 atom stereocenters. The number of aromatic amines is 1. The number of para-hydroxylation sites is 1. The van der Waals surface area contributed by atoms with Gasteiger partial charge in [-0.3, -0.25) is 0 Å². The van der Waals surface area contributed by atoms with Gasteiger partial charge in [0.15, 0.2) is 5.58 Å². The van der Waals surface area contributed by atoms with Crippen molar-refractivity contribution in [2.45, 2.75) is 6.92 Å². The fraction of sp³-hybridized carbons (Fsp3) is 0.125. The second kappa shape index (κ2) is 2.20. The van der Waals surface area contributed by atoms with Crippen LogP contribution in [-0.2, 0) is 0 Å². The molecule has 1 N–H and O–H groups in total. The Labute approximate surface area is 68.9 Å². The Morgan fingerprint density at radius 3 is 3.00 bits per heavy atom. The predicted molar refractivity (Wildman–Crippen MR) is 46.1 cm³/mol. The number of oxazole rings is 1. The number of nitrogens with one attached hydrogen (secondary N) is 1. The van der Waals surface area contributed by atoms with Gasteiger partial charge in [0.1, 0.15) is 0 Å². The van der Waals surface area contributed by atoms with E-state index in [1.807, 2.05) is 25.1 Å². The van der Waals surface area contributed by atoms with Crippen molar-refractivity contribution in [3.63, 3.8) is 0 Å². The van der Waals surface area contributed by atoms with E-state index >= 15 is 0 Å². The first kappa shape index (κ1) is 6.61. The minimum absolute atomic E-state index is 0.439. The number of hydrogen-bond donors (Lipinski definition) is 1. The molecular weight excluding hydrogens is 158 g/mol.